The predicted molar refractivity (Wildman–Crippen MR) is 124 cm³/mol. The summed E-state index contributed by atoms with van der Waals surface area (Å²) in [4.78, 5) is 19.0. The number of aliphatic imine (C=N–C) groups is 1. The summed E-state index contributed by atoms with van der Waals surface area (Å²) in [5.74, 6) is 0.364. The number of guanidine groups is 1. The number of piperidine rings is 1. The van der Waals surface area contributed by atoms with Crippen LogP contribution in [0.1, 0.15) is 43.6 Å². The number of hydrogen-bond acceptors (Lipinski definition) is 4. The van der Waals surface area contributed by atoms with E-state index in [9.17, 15) is 9.18 Å². The molecule has 4 N–H and O–H groups in total. The minimum Gasteiger partial charge on any atom is -0.468 e. The molecule has 1 aliphatic heterocycles. The minimum atomic E-state index is -0.473. The van der Waals surface area contributed by atoms with Crippen LogP contribution in [-0.4, -0.2) is 49.5 Å². The monoisotopic (exact) mass is 443 g/mol. The minimum absolute atomic E-state index is 0.111. The van der Waals surface area contributed by atoms with Crippen molar-refractivity contribution in [1.29, 1.82) is 0 Å². The summed E-state index contributed by atoms with van der Waals surface area (Å²) in [5, 5.41) is 6.65. The average molecular weight is 444 g/mol. The molecule has 0 saturated carbocycles. The van der Waals surface area contributed by atoms with E-state index in [1.807, 2.05) is 19.1 Å². The van der Waals surface area contributed by atoms with Crippen molar-refractivity contribution in [1.82, 2.24) is 15.5 Å². The average Bonchev–Trinajstić information content (AvgIpc) is 3.33. The smallest absolute Gasteiger partial charge is 0.222 e. The lowest BCUT2D eigenvalue weighted by atomic mass is 9.99. The van der Waals surface area contributed by atoms with Gasteiger partial charge in [-0.1, -0.05) is 18.6 Å². The normalized spacial score (nSPS) is 17.0. The van der Waals surface area contributed by atoms with Crippen LogP contribution < -0.4 is 16.4 Å². The zero-order valence-corrected chi connectivity index (χ0v) is 18.7. The van der Waals surface area contributed by atoms with E-state index in [-0.39, 0.29) is 18.4 Å². The zero-order valence-electron chi connectivity index (χ0n) is 18.7. The molecular formula is C24H34FN5O2. The van der Waals surface area contributed by atoms with E-state index in [1.54, 1.807) is 18.4 Å². The number of nitrogens with two attached hydrogens (primary N) is 1. The maximum absolute atomic E-state index is 13.2. The first-order chi connectivity index (χ1) is 15.6. The van der Waals surface area contributed by atoms with Gasteiger partial charge in [0, 0.05) is 13.1 Å². The van der Waals surface area contributed by atoms with E-state index in [1.165, 1.54) is 31.4 Å². The molecule has 3 rings (SSSR count). The van der Waals surface area contributed by atoms with Gasteiger partial charge in [0.1, 0.15) is 11.6 Å². The number of benzene rings is 1. The third-order valence-electron chi connectivity index (χ3n) is 5.78. The highest BCUT2D eigenvalue weighted by molar-refractivity contribution is 5.81. The fraction of sp³-hybridized carbons (Fsp3) is 0.500. The molecule has 32 heavy (non-hydrogen) atoms. The van der Waals surface area contributed by atoms with Gasteiger partial charge >= 0.3 is 0 Å². The van der Waals surface area contributed by atoms with Crippen LogP contribution in [0.5, 0.6) is 0 Å². The predicted octanol–water partition coefficient (Wildman–Crippen LogP) is 2.85. The molecule has 1 aromatic carbocycles. The summed E-state index contributed by atoms with van der Waals surface area (Å²) in [6, 6.07) is 10.2. The number of primary amides is 1. The Bertz CT molecular complexity index is 848. The Hall–Kier alpha value is -2.87. The molecule has 1 fully saturated rings. The molecule has 1 aromatic heterocycles. The molecule has 0 radical (unpaired) electrons. The zero-order chi connectivity index (χ0) is 22.8. The third-order valence-corrected chi connectivity index (χ3v) is 5.78. The summed E-state index contributed by atoms with van der Waals surface area (Å²) in [6.07, 6.45) is 5.77. The van der Waals surface area contributed by atoms with Crippen LogP contribution in [0.3, 0.4) is 0 Å². The summed E-state index contributed by atoms with van der Waals surface area (Å²) in [5.41, 5.74) is 6.47. The lowest BCUT2D eigenvalue weighted by Gasteiger charge is -2.33. The number of carbonyl (C=O) groups is 1. The Morgan fingerprint density at radius 1 is 1.19 bits per heavy atom. The lowest BCUT2D eigenvalue weighted by molar-refractivity contribution is -0.121. The van der Waals surface area contributed by atoms with Crippen molar-refractivity contribution in [3.63, 3.8) is 0 Å². The summed E-state index contributed by atoms with van der Waals surface area (Å²) >= 11 is 0. The number of amides is 1. The number of hydrogen-bond donors (Lipinski definition) is 3. The molecule has 2 aromatic rings. The number of furan rings is 1. The highest BCUT2D eigenvalue weighted by atomic mass is 19.1. The highest BCUT2D eigenvalue weighted by Gasteiger charge is 2.25. The molecule has 2 atom stereocenters. The van der Waals surface area contributed by atoms with Crippen molar-refractivity contribution in [3.8, 4) is 0 Å². The number of likely N-dealkylation sites (tertiary alicyclic amines) is 1. The van der Waals surface area contributed by atoms with Gasteiger partial charge in [-0.15, -0.1) is 0 Å². The molecule has 174 valence electrons. The summed E-state index contributed by atoms with van der Waals surface area (Å²) in [6.45, 7) is 5.66. The number of carbonyl (C=O) groups excluding carboxylic acids is 1. The maximum atomic E-state index is 13.2. The van der Waals surface area contributed by atoms with Gasteiger partial charge < -0.3 is 20.8 Å². The number of halogens is 1. The topological polar surface area (TPSA) is 95.9 Å². The molecule has 7 nitrogen and oxygen atoms in total. The quantitative estimate of drug-likeness (QED) is 0.388. The Labute approximate surface area is 189 Å². The van der Waals surface area contributed by atoms with E-state index >= 15 is 0 Å². The molecule has 1 saturated heterocycles. The van der Waals surface area contributed by atoms with Gasteiger partial charge in [-0.25, -0.2) is 4.39 Å². The lowest BCUT2D eigenvalue weighted by Crippen LogP contribution is -2.44. The van der Waals surface area contributed by atoms with Gasteiger partial charge in [0.2, 0.25) is 5.91 Å². The molecule has 0 bridgehead atoms. The van der Waals surface area contributed by atoms with Crippen molar-refractivity contribution < 1.29 is 13.6 Å². The van der Waals surface area contributed by atoms with Gasteiger partial charge in [0.15, 0.2) is 5.96 Å². The molecule has 1 aliphatic rings. The van der Waals surface area contributed by atoms with E-state index in [4.69, 9.17) is 10.2 Å². The van der Waals surface area contributed by atoms with Crippen molar-refractivity contribution in [3.05, 3.63) is 59.8 Å². The van der Waals surface area contributed by atoms with Gasteiger partial charge in [-0.2, -0.15) is 0 Å². The fourth-order valence-electron chi connectivity index (χ4n) is 4.02. The maximum Gasteiger partial charge on any atom is 0.222 e. The Kier molecular flexibility index (Phi) is 9.10. The molecule has 8 heteroatoms. The second kappa shape index (κ2) is 12.2. The second-order valence-electron chi connectivity index (χ2n) is 8.16. The molecule has 2 unspecified atom stereocenters. The van der Waals surface area contributed by atoms with Crippen LogP contribution in [0.15, 0.2) is 52.1 Å². The molecule has 0 spiro atoms. The Balaban J connectivity index is 1.65. The van der Waals surface area contributed by atoms with Crippen LogP contribution in [-0.2, 0) is 11.2 Å². The van der Waals surface area contributed by atoms with Crippen molar-refractivity contribution in [2.24, 2.45) is 16.6 Å². The molecule has 0 aliphatic carbocycles. The van der Waals surface area contributed by atoms with Crippen LogP contribution in [0.4, 0.5) is 4.39 Å². The summed E-state index contributed by atoms with van der Waals surface area (Å²) in [7, 11) is 0. The van der Waals surface area contributed by atoms with Crippen LogP contribution >= 0.6 is 0 Å². The first-order valence-corrected chi connectivity index (χ1v) is 11.4. The molecular weight excluding hydrogens is 409 g/mol. The number of rotatable bonds is 10. The van der Waals surface area contributed by atoms with Crippen LogP contribution in [0.2, 0.25) is 0 Å². The van der Waals surface area contributed by atoms with Crippen molar-refractivity contribution in [2.75, 3.05) is 32.7 Å². The van der Waals surface area contributed by atoms with Crippen molar-refractivity contribution >= 4 is 11.9 Å². The van der Waals surface area contributed by atoms with Crippen LogP contribution in [0.25, 0.3) is 0 Å². The van der Waals surface area contributed by atoms with E-state index in [0.717, 1.165) is 24.4 Å². The first kappa shape index (κ1) is 23.8. The fourth-order valence-corrected chi connectivity index (χ4v) is 4.02. The standard InChI is InChI=1S/C24H34FN5O2/c1-2-27-24(28-16-19(23(26)31)15-18-8-10-20(25)11-9-18)29-17-21(22-7-6-14-32-22)30-12-4-3-5-13-30/h6-11,14,19,21H,2-5,12-13,15-17H2,1H3,(H2,26,31)(H2,27,28,29). The van der Waals surface area contributed by atoms with Gasteiger partial charge in [0.05, 0.1) is 24.8 Å². The summed E-state index contributed by atoms with van der Waals surface area (Å²) < 4.78 is 18.9. The van der Waals surface area contributed by atoms with E-state index in [0.29, 0.717) is 25.5 Å². The molecule has 1 amide bonds. The van der Waals surface area contributed by atoms with E-state index < -0.39 is 11.8 Å². The third kappa shape index (κ3) is 7.09. The van der Waals surface area contributed by atoms with E-state index in [2.05, 4.69) is 20.5 Å². The first-order valence-electron chi connectivity index (χ1n) is 11.4. The largest absolute Gasteiger partial charge is 0.468 e. The van der Waals surface area contributed by atoms with Crippen molar-refractivity contribution in [2.45, 2.75) is 38.6 Å². The molecule has 2 heterocycles. The van der Waals surface area contributed by atoms with Gasteiger partial charge in [-0.05, 0) is 69.1 Å². The SMILES string of the molecule is CCNC(=NCC(Cc1ccc(F)cc1)C(N)=O)NCC(c1ccco1)N1CCCCC1. The van der Waals surface area contributed by atoms with Crippen LogP contribution in [0, 0.1) is 11.7 Å². The highest BCUT2D eigenvalue weighted by Crippen LogP contribution is 2.24. The van der Waals surface area contributed by atoms with Gasteiger partial charge in [0.25, 0.3) is 0 Å². The van der Waals surface area contributed by atoms with Gasteiger partial charge in [-0.3, -0.25) is 14.7 Å². The number of nitrogens with one attached hydrogen (secondary N) is 2. The number of nitrogens with zero attached hydrogens (tertiary/aromatic N) is 2. The Morgan fingerprint density at radius 2 is 1.94 bits per heavy atom. The second-order valence-corrected chi connectivity index (χ2v) is 8.16. The Morgan fingerprint density at radius 3 is 2.56 bits per heavy atom.